The lowest BCUT2D eigenvalue weighted by Crippen LogP contribution is -2.47. The summed E-state index contributed by atoms with van der Waals surface area (Å²) in [7, 11) is 1.91. The van der Waals surface area contributed by atoms with Crippen molar-refractivity contribution in [2.45, 2.75) is 25.9 Å². The van der Waals surface area contributed by atoms with Crippen LogP contribution in [0, 0.1) is 5.92 Å². The zero-order chi connectivity index (χ0) is 24.5. The molecule has 8 nitrogen and oxygen atoms in total. The number of aryl methyl sites for hydroxylation is 1. The van der Waals surface area contributed by atoms with Crippen LogP contribution >= 0.6 is 0 Å². The summed E-state index contributed by atoms with van der Waals surface area (Å²) < 4.78 is 33.5. The van der Waals surface area contributed by atoms with Gasteiger partial charge in [-0.05, 0) is 25.1 Å². The van der Waals surface area contributed by atoms with E-state index in [1.54, 1.807) is 6.33 Å². The number of aromatic nitrogens is 3. The first-order chi connectivity index (χ1) is 16.9. The number of carbonyl (C=O) groups excluding carboxylic acids is 1. The second kappa shape index (κ2) is 9.77. The molecule has 10 heteroatoms. The van der Waals surface area contributed by atoms with Crippen LogP contribution in [0.15, 0.2) is 36.7 Å². The SMILES string of the molecule is C[C@@H](Oc1nc(-c2ccc(N3CCN(CC(F)F)CC3)cc2)cc2ncn(C)c12)C1CNC(=O)C1. The molecule has 2 aromatic heterocycles. The first kappa shape index (κ1) is 23.5. The van der Waals surface area contributed by atoms with Crippen LogP contribution in [-0.4, -0.2) is 77.1 Å². The number of rotatable bonds is 7. The van der Waals surface area contributed by atoms with Gasteiger partial charge in [-0.1, -0.05) is 12.1 Å². The highest BCUT2D eigenvalue weighted by molar-refractivity contribution is 5.85. The van der Waals surface area contributed by atoms with Crippen molar-refractivity contribution in [2.24, 2.45) is 13.0 Å². The van der Waals surface area contributed by atoms with Gasteiger partial charge < -0.3 is 19.5 Å². The van der Waals surface area contributed by atoms with Gasteiger partial charge in [0.2, 0.25) is 11.8 Å². The Kier molecular flexibility index (Phi) is 6.55. The van der Waals surface area contributed by atoms with Crippen molar-refractivity contribution < 1.29 is 18.3 Å². The van der Waals surface area contributed by atoms with E-state index in [1.165, 1.54) is 0 Å². The number of hydrogen-bond donors (Lipinski definition) is 1. The first-order valence-electron chi connectivity index (χ1n) is 12.0. The van der Waals surface area contributed by atoms with Crippen molar-refractivity contribution in [2.75, 3.05) is 44.2 Å². The molecule has 35 heavy (non-hydrogen) atoms. The summed E-state index contributed by atoms with van der Waals surface area (Å²) in [5.41, 5.74) is 4.36. The second-order valence-electron chi connectivity index (χ2n) is 9.35. The fraction of sp³-hybridized carbons (Fsp3) is 0.480. The number of fused-ring (bicyclic) bond motifs is 1. The van der Waals surface area contributed by atoms with E-state index in [2.05, 4.69) is 15.2 Å². The van der Waals surface area contributed by atoms with Gasteiger partial charge in [0.25, 0.3) is 6.43 Å². The van der Waals surface area contributed by atoms with Crippen LogP contribution in [0.1, 0.15) is 13.3 Å². The van der Waals surface area contributed by atoms with Gasteiger partial charge in [-0.15, -0.1) is 0 Å². The third kappa shape index (κ3) is 5.07. The Balaban J connectivity index is 1.35. The maximum Gasteiger partial charge on any atom is 0.251 e. The standard InChI is InChI=1S/C25H30F2N6O2/c1-16(18-11-23(34)28-13-18)35-25-24-21(29-15-31(24)2)12-20(30-25)17-3-5-19(6-4-17)33-9-7-32(8-10-33)14-22(26)27/h3-6,12,15-16,18,22H,7-11,13-14H2,1-2H3,(H,28,34)/t16-,18?/m1/s1. The van der Waals surface area contributed by atoms with Crippen LogP contribution in [-0.2, 0) is 11.8 Å². The van der Waals surface area contributed by atoms with E-state index >= 15 is 0 Å². The third-order valence-corrected chi connectivity index (χ3v) is 6.93. The molecule has 2 aliphatic heterocycles. The van der Waals surface area contributed by atoms with Crippen molar-refractivity contribution in [1.82, 2.24) is 24.8 Å². The minimum absolute atomic E-state index is 0.0494. The number of carbonyl (C=O) groups is 1. The van der Waals surface area contributed by atoms with Crippen LogP contribution in [0.2, 0.25) is 0 Å². The molecule has 1 aromatic carbocycles. The van der Waals surface area contributed by atoms with Crippen molar-refractivity contribution in [3.63, 3.8) is 0 Å². The van der Waals surface area contributed by atoms with E-state index in [4.69, 9.17) is 9.72 Å². The summed E-state index contributed by atoms with van der Waals surface area (Å²) in [4.78, 5) is 25.0. The number of nitrogens with one attached hydrogen (secondary N) is 1. The van der Waals surface area contributed by atoms with Gasteiger partial charge in [-0.25, -0.2) is 18.7 Å². The highest BCUT2D eigenvalue weighted by atomic mass is 19.3. The quantitative estimate of drug-likeness (QED) is 0.556. The fourth-order valence-electron chi connectivity index (χ4n) is 4.83. The number of nitrogens with zero attached hydrogens (tertiary/aromatic N) is 5. The molecule has 0 bridgehead atoms. The topological polar surface area (TPSA) is 75.5 Å². The second-order valence-corrected chi connectivity index (χ2v) is 9.35. The largest absolute Gasteiger partial charge is 0.473 e. The Labute approximate surface area is 202 Å². The molecule has 1 amide bonds. The lowest BCUT2D eigenvalue weighted by Gasteiger charge is -2.36. The summed E-state index contributed by atoms with van der Waals surface area (Å²) in [5, 5.41) is 2.86. The number of hydrogen-bond acceptors (Lipinski definition) is 6. The molecule has 0 radical (unpaired) electrons. The molecule has 1 N–H and O–H groups in total. The lowest BCUT2D eigenvalue weighted by atomic mass is 10.0. The maximum atomic E-state index is 12.6. The molecular weight excluding hydrogens is 454 g/mol. The first-order valence-corrected chi connectivity index (χ1v) is 12.0. The fourth-order valence-corrected chi connectivity index (χ4v) is 4.83. The Bertz CT molecular complexity index is 1190. The van der Waals surface area contributed by atoms with Gasteiger partial charge in [0.1, 0.15) is 11.6 Å². The lowest BCUT2D eigenvalue weighted by molar-refractivity contribution is -0.119. The van der Waals surface area contributed by atoms with E-state index in [1.807, 2.05) is 53.8 Å². The van der Waals surface area contributed by atoms with Crippen molar-refractivity contribution >= 4 is 22.6 Å². The average Bonchev–Trinajstić information content (AvgIpc) is 3.45. The number of alkyl halides is 2. The van der Waals surface area contributed by atoms with Crippen molar-refractivity contribution in [3.05, 3.63) is 36.7 Å². The van der Waals surface area contributed by atoms with Gasteiger partial charge >= 0.3 is 0 Å². The molecule has 4 heterocycles. The number of pyridine rings is 1. The smallest absolute Gasteiger partial charge is 0.251 e. The Hall–Kier alpha value is -3.27. The predicted octanol–water partition coefficient (Wildman–Crippen LogP) is 2.93. The monoisotopic (exact) mass is 484 g/mol. The molecule has 0 spiro atoms. The number of anilines is 1. The molecule has 3 aromatic rings. The minimum atomic E-state index is -2.29. The Morgan fingerprint density at radius 3 is 2.57 bits per heavy atom. The zero-order valence-electron chi connectivity index (χ0n) is 20.0. The van der Waals surface area contributed by atoms with Crippen LogP contribution < -0.4 is 15.0 Å². The zero-order valence-corrected chi connectivity index (χ0v) is 20.0. The van der Waals surface area contributed by atoms with Crippen LogP contribution in [0.25, 0.3) is 22.3 Å². The molecule has 2 fully saturated rings. The van der Waals surface area contributed by atoms with Crippen molar-refractivity contribution in [1.29, 1.82) is 0 Å². The molecule has 2 aliphatic rings. The molecule has 0 aliphatic carbocycles. The number of benzene rings is 1. The summed E-state index contributed by atoms with van der Waals surface area (Å²) in [6.07, 6.45) is -0.280. The predicted molar refractivity (Wildman–Crippen MR) is 130 cm³/mol. The number of imidazole rings is 1. The maximum absolute atomic E-state index is 12.6. The number of amides is 1. The molecule has 186 valence electrons. The van der Waals surface area contributed by atoms with Crippen LogP contribution in [0.5, 0.6) is 5.88 Å². The van der Waals surface area contributed by atoms with Gasteiger partial charge in [0.05, 0.1) is 24.1 Å². The number of ether oxygens (including phenoxy) is 1. The molecule has 2 atom stereocenters. The molecule has 5 rings (SSSR count). The van der Waals surface area contributed by atoms with Gasteiger partial charge in [-0.3, -0.25) is 9.69 Å². The molecular formula is C25H30F2N6O2. The summed E-state index contributed by atoms with van der Waals surface area (Å²) in [6.45, 7) is 5.11. The van der Waals surface area contributed by atoms with E-state index in [9.17, 15) is 13.6 Å². The number of piperazine rings is 1. The van der Waals surface area contributed by atoms with Crippen LogP contribution in [0.4, 0.5) is 14.5 Å². The molecule has 1 unspecified atom stereocenters. The van der Waals surface area contributed by atoms with Crippen molar-refractivity contribution in [3.8, 4) is 17.1 Å². The Morgan fingerprint density at radius 2 is 1.91 bits per heavy atom. The van der Waals surface area contributed by atoms with E-state index in [0.29, 0.717) is 31.9 Å². The third-order valence-electron chi connectivity index (χ3n) is 6.93. The Morgan fingerprint density at radius 1 is 1.17 bits per heavy atom. The van der Waals surface area contributed by atoms with E-state index in [0.717, 1.165) is 41.1 Å². The normalized spacial score (nSPS) is 20.0. The summed E-state index contributed by atoms with van der Waals surface area (Å²) in [6, 6.07) is 10.1. The van der Waals surface area contributed by atoms with E-state index in [-0.39, 0.29) is 24.5 Å². The highest BCUT2D eigenvalue weighted by Crippen LogP contribution is 2.31. The van der Waals surface area contributed by atoms with Crippen LogP contribution in [0.3, 0.4) is 0 Å². The van der Waals surface area contributed by atoms with Gasteiger partial charge in [0, 0.05) is 63.4 Å². The van der Waals surface area contributed by atoms with Gasteiger partial charge in [0.15, 0.2) is 0 Å². The average molecular weight is 485 g/mol. The summed E-state index contributed by atoms with van der Waals surface area (Å²) in [5.74, 6) is 0.647. The molecule has 0 saturated carbocycles. The van der Waals surface area contributed by atoms with Gasteiger partial charge in [-0.2, -0.15) is 0 Å². The summed E-state index contributed by atoms with van der Waals surface area (Å²) >= 11 is 0. The molecule has 2 saturated heterocycles. The number of halogens is 2. The van der Waals surface area contributed by atoms with E-state index < -0.39 is 6.43 Å². The highest BCUT2D eigenvalue weighted by Gasteiger charge is 2.29. The minimum Gasteiger partial charge on any atom is -0.473 e.